The minimum Gasteiger partial charge on any atom is -0.461 e. The number of hydrogen-bond donors (Lipinski definition) is 0. The van der Waals surface area contributed by atoms with Crippen LogP contribution in [0.4, 0.5) is 13.2 Å². The number of alkyl halides is 2. The van der Waals surface area contributed by atoms with Crippen molar-refractivity contribution in [1.82, 2.24) is 10.1 Å². The fourth-order valence-corrected chi connectivity index (χ4v) is 2.28. The Balaban J connectivity index is 1.45. The number of aromatic nitrogens is 2. The van der Waals surface area contributed by atoms with E-state index in [1.165, 1.54) is 48.5 Å². The van der Waals surface area contributed by atoms with Crippen molar-refractivity contribution >= 4 is 5.97 Å². The normalized spacial score (nSPS) is 10.9. The van der Waals surface area contributed by atoms with Gasteiger partial charge in [-0.2, -0.15) is 13.8 Å². The summed E-state index contributed by atoms with van der Waals surface area (Å²) in [6.07, 6.45) is 0.214. The highest BCUT2D eigenvalue weighted by Crippen LogP contribution is 2.17. The van der Waals surface area contributed by atoms with Crippen LogP contribution in [0, 0.1) is 5.82 Å². The molecule has 0 bridgehead atoms. The lowest BCUT2D eigenvalue weighted by molar-refractivity contribution is -0.145. The predicted molar refractivity (Wildman–Crippen MR) is 90.9 cm³/mol. The molecule has 0 N–H and O–H groups in total. The Morgan fingerprint density at radius 3 is 2.46 bits per heavy atom. The number of halogens is 3. The van der Waals surface area contributed by atoms with E-state index in [0.717, 1.165) is 0 Å². The van der Waals surface area contributed by atoms with E-state index >= 15 is 0 Å². The first-order valence-corrected chi connectivity index (χ1v) is 8.27. The topological polar surface area (TPSA) is 74.5 Å². The van der Waals surface area contributed by atoms with Gasteiger partial charge < -0.3 is 14.0 Å². The fourth-order valence-electron chi connectivity index (χ4n) is 2.28. The van der Waals surface area contributed by atoms with Gasteiger partial charge in [-0.1, -0.05) is 17.3 Å². The Labute approximate surface area is 157 Å². The summed E-state index contributed by atoms with van der Waals surface area (Å²) in [5.41, 5.74) is 1.23. The number of aryl methyl sites for hydroxylation is 1. The molecule has 0 aliphatic rings. The molecule has 0 radical (unpaired) electrons. The molecule has 0 amide bonds. The third-order valence-corrected chi connectivity index (χ3v) is 3.66. The maximum Gasteiger partial charge on any atom is 0.387 e. The second-order valence-electron chi connectivity index (χ2n) is 5.70. The molecule has 2 aromatic carbocycles. The maximum absolute atomic E-state index is 12.9. The summed E-state index contributed by atoms with van der Waals surface area (Å²) in [4.78, 5) is 16.0. The summed E-state index contributed by atoms with van der Waals surface area (Å²) in [5, 5.41) is 3.79. The second-order valence-corrected chi connectivity index (χ2v) is 5.70. The highest BCUT2D eigenvalue weighted by atomic mass is 19.3. The molecule has 0 fully saturated rings. The minimum absolute atomic E-state index is 0.00153. The SMILES string of the molecule is O=C(CCc1nc(-c2ccc(F)cc2)no1)OCc1ccc(OC(F)F)cc1. The van der Waals surface area contributed by atoms with E-state index in [1.54, 1.807) is 0 Å². The second kappa shape index (κ2) is 9.03. The molecule has 1 aromatic heterocycles. The van der Waals surface area contributed by atoms with Gasteiger partial charge in [-0.25, -0.2) is 4.39 Å². The molecular formula is C19H15F3N2O4. The van der Waals surface area contributed by atoms with E-state index in [0.29, 0.717) is 17.0 Å². The predicted octanol–water partition coefficient (Wildman–Crippen LogP) is 4.15. The summed E-state index contributed by atoms with van der Waals surface area (Å²) in [6.45, 7) is -2.89. The number of carbonyl (C=O) groups is 1. The monoisotopic (exact) mass is 392 g/mol. The van der Waals surface area contributed by atoms with Crippen molar-refractivity contribution in [2.75, 3.05) is 0 Å². The van der Waals surface area contributed by atoms with E-state index in [4.69, 9.17) is 9.26 Å². The third-order valence-electron chi connectivity index (χ3n) is 3.66. The molecule has 6 nitrogen and oxygen atoms in total. The van der Waals surface area contributed by atoms with Crippen molar-refractivity contribution in [3.8, 4) is 17.1 Å². The zero-order valence-electron chi connectivity index (χ0n) is 14.5. The number of carbonyl (C=O) groups excluding carboxylic acids is 1. The van der Waals surface area contributed by atoms with Crippen LogP contribution in [0.25, 0.3) is 11.4 Å². The Kier molecular flexibility index (Phi) is 6.25. The highest BCUT2D eigenvalue weighted by molar-refractivity contribution is 5.69. The maximum atomic E-state index is 12.9. The van der Waals surface area contributed by atoms with Gasteiger partial charge >= 0.3 is 12.6 Å². The van der Waals surface area contributed by atoms with Gasteiger partial charge in [-0.05, 0) is 42.0 Å². The molecule has 3 rings (SSSR count). The molecule has 0 atom stereocenters. The number of nitrogens with zero attached hydrogens (tertiary/aromatic N) is 2. The zero-order chi connectivity index (χ0) is 19.9. The van der Waals surface area contributed by atoms with Crippen molar-refractivity contribution in [2.24, 2.45) is 0 Å². The van der Waals surface area contributed by atoms with Crippen LogP contribution in [-0.4, -0.2) is 22.7 Å². The summed E-state index contributed by atoms with van der Waals surface area (Å²) in [6, 6.07) is 11.4. The van der Waals surface area contributed by atoms with Crippen LogP contribution in [-0.2, 0) is 22.6 Å². The van der Waals surface area contributed by atoms with Gasteiger partial charge in [0.2, 0.25) is 11.7 Å². The lowest BCUT2D eigenvalue weighted by Gasteiger charge is -2.06. The molecule has 3 aromatic rings. The molecular weight excluding hydrogens is 377 g/mol. The Hall–Kier alpha value is -3.36. The highest BCUT2D eigenvalue weighted by Gasteiger charge is 2.12. The van der Waals surface area contributed by atoms with Gasteiger partial charge in [-0.3, -0.25) is 4.79 Å². The van der Waals surface area contributed by atoms with Gasteiger partial charge in [-0.15, -0.1) is 0 Å². The molecule has 146 valence electrons. The van der Waals surface area contributed by atoms with E-state index in [-0.39, 0.29) is 36.9 Å². The van der Waals surface area contributed by atoms with Crippen molar-refractivity contribution in [3.63, 3.8) is 0 Å². The molecule has 0 spiro atoms. The first-order chi connectivity index (χ1) is 13.5. The summed E-state index contributed by atoms with van der Waals surface area (Å²) < 4.78 is 51.5. The van der Waals surface area contributed by atoms with Crippen LogP contribution < -0.4 is 4.74 Å². The number of esters is 1. The lowest BCUT2D eigenvalue weighted by atomic mass is 10.2. The largest absolute Gasteiger partial charge is 0.461 e. The van der Waals surface area contributed by atoms with E-state index in [9.17, 15) is 18.0 Å². The third kappa shape index (κ3) is 5.57. The van der Waals surface area contributed by atoms with Crippen LogP contribution >= 0.6 is 0 Å². The van der Waals surface area contributed by atoms with Crippen LogP contribution in [0.1, 0.15) is 17.9 Å². The molecule has 0 unspecified atom stereocenters. The summed E-state index contributed by atoms with van der Waals surface area (Å²) >= 11 is 0. The van der Waals surface area contributed by atoms with Crippen molar-refractivity contribution in [2.45, 2.75) is 26.1 Å². The number of benzene rings is 2. The van der Waals surface area contributed by atoms with Crippen molar-refractivity contribution in [1.29, 1.82) is 0 Å². The lowest BCUT2D eigenvalue weighted by Crippen LogP contribution is -2.06. The van der Waals surface area contributed by atoms with Crippen molar-refractivity contribution < 1.29 is 32.0 Å². The standard InChI is InChI=1S/C19H15F3N2O4/c20-14-5-3-13(4-6-14)18-23-16(28-24-18)9-10-17(25)26-11-12-1-7-15(8-2-12)27-19(21)22/h1-8,19H,9-11H2. The molecule has 0 saturated heterocycles. The van der Waals surface area contributed by atoms with Gasteiger partial charge in [0.1, 0.15) is 18.2 Å². The Morgan fingerprint density at radius 1 is 1.07 bits per heavy atom. The van der Waals surface area contributed by atoms with E-state index in [1.807, 2.05) is 0 Å². The summed E-state index contributed by atoms with van der Waals surface area (Å²) in [5.74, 6) is -0.265. The van der Waals surface area contributed by atoms with Crippen LogP contribution in [0.3, 0.4) is 0 Å². The molecule has 0 saturated carbocycles. The smallest absolute Gasteiger partial charge is 0.387 e. The Morgan fingerprint density at radius 2 is 1.79 bits per heavy atom. The first kappa shape index (κ1) is 19.4. The van der Waals surface area contributed by atoms with E-state index < -0.39 is 12.6 Å². The first-order valence-electron chi connectivity index (χ1n) is 8.27. The fraction of sp³-hybridized carbons (Fsp3) is 0.211. The van der Waals surface area contributed by atoms with Crippen molar-refractivity contribution in [3.05, 3.63) is 65.8 Å². The van der Waals surface area contributed by atoms with Gasteiger partial charge in [0.05, 0.1) is 6.42 Å². The van der Waals surface area contributed by atoms with Crippen LogP contribution in [0.5, 0.6) is 5.75 Å². The molecule has 28 heavy (non-hydrogen) atoms. The molecule has 9 heteroatoms. The van der Waals surface area contributed by atoms with Crippen LogP contribution in [0.2, 0.25) is 0 Å². The van der Waals surface area contributed by atoms with Crippen LogP contribution in [0.15, 0.2) is 53.1 Å². The van der Waals surface area contributed by atoms with Gasteiger partial charge in [0.15, 0.2) is 0 Å². The Bertz CT molecular complexity index is 912. The summed E-state index contributed by atoms with van der Waals surface area (Å²) in [7, 11) is 0. The number of hydrogen-bond acceptors (Lipinski definition) is 6. The van der Waals surface area contributed by atoms with Gasteiger partial charge in [0.25, 0.3) is 0 Å². The van der Waals surface area contributed by atoms with Gasteiger partial charge in [0, 0.05) is 12.0 Å². The average molecular weight is 392 g/mol. The molecule has 0 aliphatic carbocycles. The van der Waals surface area contributed by atoms with E-state index in [2.05, 4.69) is 14.9 Å². The molecule has 0 aliphatic heterocycles. The zero-order valence-corrected chi connectivity index (χ0v) is 14.5. The quantitative estimate of drug-likeness (QED) is 0.536. The number of ether oxygens (including phenoxy) is 2. The molecule has 1 heterocycles. The minimum atomic E-state index is -2.89. The average Bonchev–Trinajstić information content (AvgIpc) is 3.15. The number of rotatable bonds is 8.